The van der Waals surface area contributed by atoms with E-state index in [0.29, 0.717) is 18.6 Å². The topological polar surface area (TPSA) is 29.3 Å². The third-order valence-electron chi connectivity index (χ3n) is 3.97. The van der Waals surface area contributed by atoms with Crippen LogP contribution in [0.15, 0.2) is 15.9 Å². The third-order valence-corrected chi connectivity index (χ3v) is 5.69. The van der Waals surface area contributed by atoms with Gasteiger partial charge in [-0.3, -0.25) is 4.90 Å². The van der Waals surface area contributed by atoms with Crippen molar-refractivity contribution >= 4 is 27.3 Å². The number of nitrogens with zero attached hydrogens (tertiary/aromatic N) is 1. The zero-order chi connectivity index (χ0) is 12.4. The minimum atomic E-state index is 0.393. The lowest BCUT2D eigenvalue weighted by Crippen LogP contribution is -2.46. The molecule has 0 aromatic carbocycles. The highest BCUT2D eigenvalue weighted by Gasteiger charge is 2.30. The molecule has 1 aliphatic rings. The predicted octanol–water partition coefficient (Wildman–Crippen LogP) is 3.63. The minimum Gasteiger partial charge on any atom is -0.329 e. The van der Waals surface area contributed by atoms with Gasteiger partial charge in [0.15, 0.2) is 0 Å². The van der Waals surface area contributed by atoms with Crippen LogP contribution in [-0.4, -0.2) is 24.0 Å². The standard InChI is InChI=1S/C13H21BrN2S/c1-9-4-3-7-16(10(9)2)11(8-15)12-5-6-13(14)17-12/h5-6,9-11H,3-4,7-8,15H2,1-2H3. The van der Waals surface area contributed by atoms with Crippen LogP contribution < -0.4 is 5.73 Å². The summed E-state index contributed by atoms with van der Waals surface area (Å²) in [6.07, 6.45) is 2.65. The van der Waals surface area contributed by atoms with E-state index >= 15 is 0 Å². The van der Waals surface area contributed by atoms with Gasteiger partial charge >= 0.3 is 0 Å². The molecular formula is C13H21BrN2S. The van der Waals surface area contributed by atoms with Crippen LogP contribution in [0.5, 0.6) is 0 Å². The summed E-state index contributed by atoms with van der Waals surface area (Å²) in [7, 11) is 0. The van der Waals surface area contributed by atoms with E-state index in [9.17, 15) is 0 Å². The first-order valence-corrected chi connectivity index (χ1v) is 7.95. The Kier molecular flexibility index (Phi) is 4.64. The Labute approximate surface area is 116 Å². The van der Waals surface area contributed by atoms with Gasteiger partial charge in [-0.1, -0.05) is 6.92 Å². The summed E-state index contributed by atoms with van der Waals surface area (Å²) in [6, 6.07) is 5.36. The minimum absolute atomic E-state index is 0.393. The monoisotopic (exact) mass is 316 g/mol. The maximum absolute atomic E-state index is 6.00. The molecule has 0 bridgehead atoms. The second kappa shape index (κ2) is 5.83. The van der Waals surface area contributed by atoms with E-state index in [4.69, 9.17) is 5.73 Å². The Morgan fingerprint density at radius 2 is 2.29 bits per heavy atom. The molecule has 0 saturated carbocycles. The van der Waals surface area contributed by atoms with Gasteiger partial charge in [0.1, 0.15) is 0 Å². The Bertz CT molecular complexity index is 366. The quantitative estimate of drug-likeness (QED) is 0.922. The van der Waals surface area contributed by atoms with Gasteiger partial charge < -0.3 is 5.73 Å². The summed E-state index contributed by atoms with van der Waals surface area (Å²) < 4.78 is 1.20. The zero-order valence-corrected chi connectivity index (χ0v) is 12.9. The molecule has 2 N–H and O–H groups in total. The maximum Gasteiger partial charge on any atom is 0.0702 e. The van der Waals surface area contributed by atoms with E-state index in [-0.39, 0.29) is 0 Å². The molecule has 3 atom stereocenters. The van der Waals surface area contributed by atoms with Crippen LogP contribution in [0.25, 0.3) is 0 Å². The lowest BCUT2D eigenvalue weighted by Gasteiger charge is -2.42. The van der Waals surface area contributed by atoms with Gasteiger partial charge in [0, 0.05) is 17.5 Å². The van der Waals surface area contributed by atoms with E-state index in [0.717, 1.165) is 5.92 Å². The van der Waals surface area contributed by atoms with Crippen LogP contribution in [0.1, 0.15) is 37.6 Å². The molecule has 1 fully saturated rings. The Morgan fingerprint density at radius 3 is 2.88 bits per heavy atom. The predicted molar refractivity (Wildman–Crippen MR) is 78.4 cm³/mol. The SMILES string of the molecule is CC1CCCN(C(CN)c2ccc(Br)s2)C1C. The van der Waals surface area contributed by atoms with Crippen molar-refractivity contribution < 1.29 is 0 Å². The molecule has 4 heteroatoms. The van der Waals surface area contributed by atoms with E-state index in [1.165, 1.54) is 28.0 Å². The number of halogens is 1. The van der Waals surface area contributed by atoms with Gasteiger partial charge in [0.2, 0.25) is 0 Å². The van der Waals surface area contributed by atoms with Crippen molar-refractivity contribution in [3.8, 4) is 0 Å². The second-order valence-corrected chi connectivity index (χ2v) is 7.49. The van der Waals surface area contributed by atoms with E-state index in [2.05, 4.69) is 46.8 Å². The average molecular weight is 317 g/mol. The first-order chi connectivity index (χ1) is 8.13. The molecule has 0 aliphatic carbocycles. The van der Waals surface area contributed by atoms with Crippen molar-refractivity contribution in [2.24, 2.45) is 11.7 Å². The highest BCUT2D eigenvalue weighted by Crippen LogP contribution is 2.35. The molecule has 0 amide bonds. The fraction of sp³-hybridized carbons (Fsp3) is 0.692. The molecule has 1 aromatic rings. The molecule has 2 heterocycles. The summed E-state index contributed by atoms with van der Waals surface area (Å²) in [5, 5.41) is 0. The first-order valence-electron chi connectivity index (χ1n) is 6.34. The number of likely N-dealkylation sites (tertiary alicyclic amines) is 1. The fourth-order valence-electron chi connectivity index (χ4n) is 2.73. The number of nitrogens with two attached hydrogens (primary N) is 1. The normalized spacial score (nSPS) is 28.2. The molecular weight excluding hydrogens is 296 g/mol. The van der Waals surface area contributed by atoms with Crippen molar-refractivity contribution in [3.05, 3.63) is 20.8 Å². The second-order valence-electron chi connectivity index (χ2n) is 4.99. The summed E-state index contributed by atoms with van der Waals surface area (Å²) in [4.78, 5) is 3.98. The van der Waals surface area contributed by atoms with Crippen LogP contribution in [0.4, 0.5) is 0 Å². The number of thiophene rings is 1. The van der Waals surface area contributed by atoms with Gasteiger partial charge in [-0.2, -0.15) is 0 Å². The number of hydrogen-bond donors (Lipinski definition) is 1. The molecule has 2 nitrogen and oxygen atoms in total. The van der Waals surface area contributed by atoms with E-state index in [1.807, 2.05) is 11.3 Å². The first kappa shape index (κ1) is 13.5. The summed E-state index contributed by atoms with van der Waals surface area (Å²) in [5.41, 5.74) is 6.00. The van der Waals surface area contributed by atoms with Gasteiger partial charge in [-0.15, -0.1) is 11.3 Å². The summed E-state index contributed by atoms with van der Waals surface area (Å²) in [6.45, 7) is 6.59. The molecule has 0 radical (unpaired) electrons. The summed E-state index contributed by atoms with van der Waals surface area (Å²) in [5.74, 6) is 0.779. The number of piperidine rings is 1. The molecule has 96 valence electrons. The van der Waals surface area contributed by atoms with Crippen molar-refractivity contribution in [3.63, 3.8) is 0 Å². The molecule has 3 unspecified atom stereocenters. The largest absolute Gasteiger partial charge is 0.329 e. The maximum atomic E-state index is 6.00. The van der Waals surface area contributed by atoms with Crippen LogP contribution in [0.3, 0.4) is 0 Å². The Balaban J connectivity index is 2.17. The van der Waals surface area contributed by atoms with Crippen LogP contribution in [0, 0.1) is 5.92 Å². The Morgan fingerprint density at radius 1 is 1.53 bits per heavy atom. The Hall–Kier alpha value is 0.1000. The molecule has 1 aliphatic heterocycles. The lowest BCUT2D eigenvalue weighted by atomic mass is 9.90. The van der Waals surface area contributed by atoms with Crippen molar-refractivity contribution in [2.75, 3.05) is 13.1 Å². The van der Waals surface area contributed by atoms with E-state index in [1.54, 1.807) is 0 Å². The van der Waals surface area contributed by atoms with Crippen molar-refractivity contribution in [1.82, 2.24) is 4.90 Å². The summed E-state index contributed by atoms with van der Waals surface area (Å²) >= 11 is 5.35. The van der Waals surface area contributed by atoms with Gasteiger partial charge in [0.25, 0.3) is 0 Å². The van der Waals surface area contributed by atoms with Gasteiger partial charge in [-0.05, 0) is 60.3 Å². The number of hydrogen-bond acceptors (Lipinski definition) is 3. The molecule has 1 aromatic heterocycles. The molecule has 0 spiro atoms. The molecule has 17 heavy (non-hydrogen) atoms. The van der Waals surface area contributed by atoms with Gasteiger partial charge in [0.05, 0.1) is 9.83 Å². The fourth-order valence-corrected chi connectivity index (χ4v) is 4.29. The van der Waals surface area contributed by atoms with Crippen molar-refractivity contribution in [2.45, 2.75) is 38.8 Å². The number of rotatable bonds is 3. The lowest BCUT2D eigenvalue weighted by molar-refractivity contribution is 0.0724. The smallest absolute Gasteiger partial charge is 0.0702 e. The van der Waals surface area contributed by atoms with Gasteiger partial charge in [-0.25, -0.2) is 0 Å². The third kappa shape index (κ3) is 2.92. The molecule has 2 rings (SSSR count). The van der Waals surface area contributed by atoms with Crippen LogP contribution >= 0.6 is 27.3 Å². The average Bonchev–Trinajstić information content (AvgIpc) is 2.72. The van der Waals surface area contributed by atoms with Crippen molar-refractivity contribution in [1.29, 1.82) is 0 Å². The van der Waals surface area contributed by atoms with Crippen LogP contribution in [-0.2, 0) is 0 Å². The highest BCUT2D eigenvalue weighted by atomic mass is 79.9. The van der Waals surface area contributed by atoms with Crippen LogP contribution in [0.2, 0.25) is 0 Å². The highest BCUT2D eigenvalue weighted by molar-refractivity contribution is 9.11. The molecule has 1 saturated heterocycles. The van der Waals surface area contributed by atoms with E-state index < -0.39 is 0 Å². The zero-order valence-electron chi connectivity index (χ0n) is 10.5.